The fourth-order valence-corrected chi connectivity index (χ4v) is 3.43. The highest BCUT2D eigenvalue weighted by Crippen LogP contribution is 2.27. The Labute approximate surface area is 128 Å². The maximum absolute atomic E-state index is 5.91. The third-order valence-electron chi connectivity index (χ3n) is 4.40. The first kappa shape index (κ1) is 15.0. The van der Waals surface area contributed by atoms with Crippen molar-refractivity contribution in [3.63, 3.8) is 0 Å². The van der Waals surface area contributed by atoms with Crippen LogP contribution in [0, 0.1) is 5.92 Å². The Morgan fingerprint density at radius 3 is 2.62 bits per heavy atom. The summed E-state index contributed by atoms with van der Waals surface area (Å²) in [6.07, 6.45) is 3.47. The Hall–Kier alpha value is -0.900. The maximum Gasteiger partial charge on any atom is 0.0707 e. The van der Waals surface area contributed by atoms with E-state index in [1.807, 2.05) is 0 Å². The van der Waals surface area contributed by atoms with Gasteiger partial charge in [-0.25, -0.2) is 0 Å². The van der Waals surface area contributed by atoms with Gasteiger partial charge in [0.25, 0.3) is 0 Å². The molecular formula is C18H28N2O. The standard InChI is InChI=1S/C18H28N2O/c1-14(2)9-19-10-15-4-3-5-16(8-15)11-20-12-17-6-7-18(13-20)21-17/h3-5,8,14,17-19H,6-7,9-13H2,1-2H3. The monoisotopic (exact) mass is 288 g/mol. The van der Waals surface area contributed by atoms with Gasteiger partial charge in [-0.05, 0) is 36.4 Å². The number of rotatable bonds is 6. The Morgan fingerprint density at radius 2 is 1.90 bits per heavy atom. The molecule has 116 valence electrons. The molecule has 0 spiro atoms. The van der Waals surface area contributed by atoms with Crippen LogP contribution in [-0.2, 0) is 17.8 Å². The zero-order valence-electron chi connectivity index (χ0n) is 13.3. The lowest BCUT2D eigenvalue weighted by Crippen LogP contribution is -2.41. The van der Waals surface area contributed by atoms with E-state index in [0.29, 0.717) is 18.1 Å². The third-order valence-corrected chi connectivity index (χ3v) is 4.40. The first-order chi connectivity index (χ1) is 10.2. The number of hydrogen-bond acceptors (Lipinski definition) is 3. The van der Waals surface area contributed by atoms with Crippen molar-refractivity contribution in [1.82, 2.24) is 10.2 Å². The summed E-state index contributed by atoms with van der Waals surface area (Å²) in [5.41, 5.74) is 2.82. The van der Waals surface area contributed by atoms with Crippen LogP contribution in [0.4, 0.5) is 0 Å². The van der Waals surface area contributed by atoms with Crippen molar-refractivity contribution in [2.75, 3.05) is 19.6 Å². The van der Waals surface area contributed by atoms with Crippen LogP contribution in [0.25, 0.3) is 0 Å². The molecule has 1 aromatic rings. The molecule has 2 fully saturated rings. The van der Waals surface area contributed by atoms with Crippen LogP contribution in [0.5, 0.6) is 0 Å². The van der Waals surface area contributed by atoms with Gasteiger partial charge in [-0.1, -0.05) is 38.1 Å². The SMILES string of the molecule is CC(C)CNCc1cccc(CN2CC3CCC(C2)O3)c1. The highest BCUT2D eigenvalue weighted by atomic mass is 16.5. The molecule has 2 saturated heterocycles. The van der Waals surface area contributed by atoms with Gasteiger partial charge < -0.3 is 10.1 Å². The largest absolute Gasteiger partial charge is 0.372 e. The van der Waals surface area contributed by atoms with Crippen LogP contribution in [0.2, 0.25) is 0 Å². The molecule has 0 radical (unpaired) electrons. The predicted octanol–water partition coefficient (Wildman–Crippen LogP) is 2.80. The van der Waals surface area contributed by atoms with Gasteiger partial charge in [-0.3, -0.25) is 4.90 Å². The third kappa shape index (κ3) is 4.29. The van der Waals surface area contributed by atoms with Gasteiger partial charge in [0.15, 0.2) is 0 Å². The molecule has 2 aliphatic heterocycles. The van der Waals surface area contributed by atoms with Crippen molar-refractivity contribution in [2.24, 2.45) is 5.92 Å². The lowest BCUT2D eigenvalue weighted by atomic mass is 10.1. The van der Waals surface area contributed by atoms with E-state index in [4.69, 9.17) is 4.74 Å². The molecule has 3 rings (SSSR count). The minimum atomic E-state index is 0.486. The molecule has 2 bridgehead atoms. The number of morpholine rings is 1. The zero-order chi connectivity index (χ0) is 14.7. The summed E-state index contributed by atoms with van der Waals surface area (Å²) in [6, 6.07) is 9.02. The minimum absolute atomic E-state index is 0.486. The summed E-state index contributed by atoms with van der Waals surface area (Å²) in [7, 11) is 0. The minimum Gasteiger partial charge on any atom is -0.372 e. The normalized spacial score (nSPS) is 25.7. The summed E-state index contributed by atoms with van der Waals surface area (Å²) in [5, 5.41) is 3.52. The summed E-state index contributed by atoms with van der Waals surface area (Å²) in [4.78, 5) is 2.56. The number of benzene rings is 1. The quantitative estimate of drug-likeness (QED) is 0.871. The molecule has 2 unspecified atom stereocenters. The van der Waals surface area contributed by atoms with Crippen LogP contribution < -0.4 is 5.32 Å². The van der Waals surface area contributed by atoms with Crippen molar-refractivity contribution in [1.29, 1.82) is 0 Å². The summed E-state index contributed by atoms with van der Waals surface area (Å²) >= 11 is 0. The summed E-state index contributed by atoms with van der Waals surface area (Å²) in [5.74, 6) is 0.706. The van der Waals surface area contributed by atoms with E-state index in [2.05, 4.69) is 48.3 Å². The van der Waals surface area contributed by atoms with E-state index in [1.165, 1.54) is 24.0 Å². The Bertz CT molecular complexity index is 448. The van der Waals surface area contributed by atoms with Gasteiger partial charge >= 0.3 is 0 Å². The summed E-state index contributed by atoms with van der Waals surface area (Å²) < 4.78 is 5.91. The fraction of sp³-hybridized carbons (Fsp3) is 0.667. The van der Waals surface area contributed by atoms with Gasteiger partial charge in [0.2, 0.25) is 0 Å². The molecule has 3 nitrogen and oxygen atoms in total. The second-order valence-corrected chi connectivity index (χ2v) is 7.00. The number of hydrogen-bond donors (Lipinski definition) is 1. The molecule has 3 heteroatoms. The molecule has 2 aliphatic rings. The van der Waals surface area contributed by atoms with Gasteiger partial charge in [0.05, 0.1) is 12.2 Å². The topological polar surface area (TPSA) is 24.5 Å². The highest BCUT2D eigenvalue weighted by molar-refractivity contribution is 5.23. The van der Waals surface area contributed by atoms with Gasteiger partial charge in [-0.15, -0.1) is 0 Å². The predicted molar refractivity (Wildman–Crippen MR) is 86.2 cm³/mol. The number of fused-ring (bicyclic) bond motifs is 2. The van der Waals surface area contributed by atoms with Crippen LogP contribution in [0.1, 0.15) is 37.8 Å². The van der Waals surface area contributed by atoms with E-state index in [0.717, 1.165) is 32.7 Å². The van der Waals surface area contributed by atoms with Crippen LogP contribution in [0.3, 0.4) is 0 Å². The highest BCUT2D eigenvalue weighted by Gasteiger charge is 2.33. The van der Waals surface area contributed by atoms with Gasteiger partial charge in [0, 0.05) is 26.2 Å². The molecule has 1 N–H and O–H groups in total. The molecule has 1 aromatic carbocycles. The average molecular weight is 288 g/mol. The van der Waals surface area contributed by atoms with E-state index < -0.39 is 0 Å². The molecule has 0 saturated carbocycles. The molecule has 21 heavy (non-hydrogen) atoms. The van der Waals surface area contributed by atoms with E-state index in [1.54, 1.807) is 0 Å². The van der Waals surface area contributed by atoms with Crippen LogP contribution >= 0.6 is 0 Å². The number of nitrogens with zero attached hydrogens (tertiary/aromatic N) is 1. The van der Waals surface area contributed by atoms with Crippen molar-refractivity contribution < 1.29 is 4.74 Å². The maximum atomic E-state index is 5.91. The van der Waals surface area contributed by atoms with E-state index in [-0.39, 0.29) is 0 Å². The van der Waals surface area contributed by atoms with Crippen molar-refractivity contribution in [3.05, 3.63) is 35.4 Å². The number of ether oxygens (including phenoxy) is 1. The average Bonchev–Trinajstić information content (AvgIpc) is 2.78. The first-order valence-corrected chi connectivity index (χ1v) is 8.35. The molecular weight excluding hydrogens is 260 g/mol. The second-order valence-electron chi connectivity index (χ2n) is 7.00. The Kier molecular flexibility index (Phi) is 4.94. The van der Waals surface area contributed by atoms with Crippen LogP contribution in [0.15, 0.2) is 24.3 Å². The van der Waals surface area contributed by atoms with E-state index >= 15 is 0 Å². The Balaban J connectivity index is 1.53. The van der Waals surface area contributed by atoms with Crippen LogP contribution in [-0.4, -0.2) is 36.7 Å². The molecule has 0 aliphatic carbocycles. The smallest absolute Gasteiger partial charge is 0.0707 e. The molecule has 2 atom stereocenters. The summed E-state index contributed by atoms with van der Waals surface area (Å²) in [6.45, 7) is 9.82. The Morgan fingerprint density at radius 1 is 1.19 bits per heavy atom. The lowest BCUT2D eigenvalue weighted by Gasteiger charge is -2.32. The van der Waals surface area contributed by atoms with E-state index in [9.17, 15) is 0 Å². The molecule has 0 aromatic heterocycles. The second kappa shape index (κ2) is 6.91. The van der Waals surface area contributed by atoms with Crippen molar-refractivity contribution in [2.45, 2.75) is 52.0 Å². The van der Waals surface area contributed by atoms with Crippen molar-refractivity contribution >= 4 is 0 Å². The number of likely N-dealkylation sites (tertiary alicyclic amines) is 1. The fourth-order valence-electron chi connectivity index (χ4n) is 3.43. The first-order valence-electron chi connectivity index (χ1n) is 8.35. The lowest BCUT2D eigenvalue weighted by molar-refractivity contribution is -0.0410. The van der Waals surface area contributed by atoms with Gasteiger partial charge in [-0.2, -0.15) is 0 Å². The zero-order valence-corrected chi connectivity index (χ0v) is 13.3. The van der Waals surface area contributed by atoms with Gasteiger partial charge in [0.1, 0.15) is 0 Å². The number of nitrogens with one attached hydrogen (secondary N) is 1. The molecule has 0 amide bonds. The van der Waals surface area contributed by atoms with Crippen molar-refractivity contribution in [3.8, 4) is 0 Å². The molecule has 2 heterocycles.